The molecule has 0 saturated carbocycles. The summed E-state index contributed by atoms with van der Waals surface area (Å²) in [5, 5.41) is 1.04. The smallest absolute Gasteiger partial charge is 0.251 e. The van der Waals surface area contributed by atoms with E-state index in [-0.39, 0.29) is 5.56 Å². The third-order valence-electron chi connectivity index (χ3n) is 3.93. The maximum Gasteiger partial charge on any atom is 0.251 e. The normalized spacial score (nSPS) is 10.9. The fourth-order valence-electron chi connectivity index (χ4n) is 2.62. The van der Waals surface area contributed by atoms with Crippen LogP contribution in [0.2, 0.25) is 0 Å². The zero-order valence-corrected chi connectivity index (χ0v) is 13.4. The molecule has 0 atom stereocenters. The summed E-state index contributed by atoms with van der Waals surface area (Å²) in [6, 6.07) is 7.94. The lowest BCUT2D eigenvalue weighted by Gasteiger charge is -2.06. The topological polar surface area (TPSA) is 99.6 Å². The maximum atomic E-state index is 11.1. The average molecular weight is 330 g/mol. The molecule has 4 rings (SSSR count). The van der Waals surface area contributed by atoms with Crippen LogP contribution in [0.4, 0.5) is 0 Å². The Morgan fingerprint density at radius 3 is 2.40 bits per heavy atom. The minimum Gasteiger partial charge on any atom is -0.366 e. The number of hydrogen-bond acceptors (Lipinski definition) is 5. The van der Waals surface area contributed by atoms with Crippen molar-refractivity contribution in [2.45, 2.75) is 6.92 Å². The Morgan fingerprint density at radius 2 is 1.72 bits per heavy atom. The Labute approximate surface area is 143 Å². The highest BCUT2D eigenvalue weighted by atomic mass is 16.1. The van der Waals surface area contributed by atoms with Crippen molar-refractivity contribution in [2.24, 2.45) is 5.73 Å². The predicted molar refractivity (Wildman–Crippen MR) is 93.1 cm³/mol. The van der Waals surface area contributed by atoms with Crippen LogP contribution in [0.25, 0.3) is 28.0 Å². The van der Waals surface area contributed by atoms with Crippen LogP contribution in [0.5, 0.6) is 0 Å². The molecule has 1 amide bonds. The summed E-state index contributed by atoms with van der Waals surface area (Å²) in [6.07, 6.45) is 8.43. The van der Waals surface area contributed by atoms with Gasteiger partial charge in [0.15, 0.2) is 5.82 Å². The third-order valence-corrected chi connectivity index (χ3v) is 3.93. The van der Waals surface area contributed by atoms with Gasteiger partial charge in [-0.1, -0.05) is 0 Å². The standard InChI is InChI=1S/C18H14N6O/c1-11-20-9-15(10-21-11)24-5-4-12-6-13(2-3-16(12)24)18-22-7-14(8-23-18)17(19)25/h2-10H,1H3,(H2,19,25). The second-order valence-corrected chi connectivity index (χ2v) is 5.61. The second-order valence-electron chi connectivity index (χ2n) is 5.61. The molecule has 7 nitrogen and oxygen atoms in total. The molecule has 0 fully saturated rings. The molecule has 0 saturated heterocycles. The Bertz CT molecular complexity index is 1070. The van der Waals surface area contributed by atoms with E-state index in [1.807, 2.05) is 42.0 Å². The largest absolute Gasteiger partial charge is 0.366 e. The van der Waals surface area contributed by atoms with Crippen molar-refractivity contribution in [2.75, 3.05) is 0 Å². The van der Waals surface area contributed by atoms with Gasteiger partial charge >= 0.3 is 0 Å². The summed E-state index contributed by atoms with van der Waals surface area (Å²) in [5.41, 5.74) is 8.29. The molecule has 4 aromatic rings. The summed E-state index contributed by atoms with van der Waals surface area (Å²) >= 11 is 0. The molecule has 7 heteroatoms. The van der Waals surface area contributed by atoms with Gasteiger partial charge in [0, 0.05) is 29.5 Å². The number of nitrogens with two attached hydrogens (primary N) is 1. The molecule has 3 heterocycles. The van der Waals surface area contributed by atoms with Gasteiger partial charge in [-0.05, 0) is 31.2 Å². The molecule has 0 aliphatic heterocycles. The quantitative estimate of drug-likeness (QED) is 0.621. The number of amides is 1. The van der Waals surface area contributed by atoms with Crippen LogP contribution >= 0.6 is 0 Å². The Kier molecular flexibility index (Phi) is 3.46. The number of rotatable bonds is 3. The SMILES string of the molecule is Cc1ncc(-n2ccc3cc(-c4ncc(C(N)=O)cn4)ccc32)cn1. The number of benzene rings is 1. The number of aromatic nitrogens is 5. The lowest BCUT2D eigenvalue weighted by molar-refractivity contribution is 0.0999. The van der Waals surface area contributed by atoms with Crippen molar-refractivity contribution in [3.05, 3.63) is 66.6 Å². The lowest BCUT2D eigenvalue weighted by Crippen LogP contribution is -2.11. The van der Waals surface area contributed by atoms with Gasteiger partial charge in [-0.3, -0.25) is 4.79 Å². The maximum absolute atomic E-state index is 11.1. The molecule has 0 spiro atoms. The highest BCUT2D eigenvalue weighted by Crippen LogP contribution is 2.25. The molecule has 2 N–H and O–H groups in total. The zero-order chi connectivity index (χ0) is 17.4. The fourth-order valence-corrected chi connectivity index (χ4v) is 2.62. The molecule has 1 aromatic carbocycles. The minimum atomic E-state index is -0.542. The van der Waals surface area contributed by atoms with Crippen molar-refractivity contribution in [3.63, 3.8) is 0 Å². The van der Waals surface area contributed by atoms with Gasteiger partial charge < -0.3 is 10.3 Å². The number of hydrogen-bond donors (Lipinski definition) is 1. The van der Waals surface area contributed by atoms with Crippen LogP contribution in [0.15, 0.2) is 55.2 Å². The number of nitrogens with zero attached hydrogens (tertiary/aromatic N) is 5. The van der Waals surface area contributed by atoms with Crippen molar-refractivity contribution in [1.82, 2.24) is 24.5 Å². The summed E-state index contributed by atoms with van der Waals surface area (Å²) in [4.78, 5) is 28.0. The van der Waals surface area contributed by atoms with Crippen LogP contribution < -0.4 is 5.73 Å². The van der Waals surface area contributed by atoms with Crippen molar-refractivity contribution >= 4 is 16.8 Å². The first-order chi connectivity index (χ1) is 12.1. The molecule has 0 bridgehead atoms. The Hall–Kier alpha value is -3.61. The van der Waals surface area contributed by atoms with Crippen molar-refractivity contribution < 1.29 is 4.79 Å². The molecule has 122 valence electrons. The highest BCUT2D eigenvalue weighted by Gasteiger charge is 2.08. The predicted octanol–water partition coefficient (Wildman–Crippen LogP) is 2.28. The summed E-state index contributed by atoms with van der Waals surface area (Å²) in [5.74, 6) is 0.733. The molecule has 0 aliphatic carbocycles. The van der Waals surface area contributed by atoms with E-state index in [4.69, 9.17) is 5.73 Å². The van der Waals surface area contributed by atoms with Gasteiger partial charge in [0.25, 0.3) is 5.91 Å². The van der Waals surface area contributed by atoms with Crippen LogP contribution in [0, 0.1) is 6.92 Å². The molecule has 25 heavy (non-hydrogen) atoms. The summed E-state index contributed by atoms with van der Waals surface area (Å²) in [7, 11) is 0. The second kappa shape index (κ2) is 5.79. The van der Waals surface area contributed by atoms with Gasteiger partial charge in [-0.2, -0.15) is 0 Å². The van der Waals surface area contributed by atoms with E-state index in [1.165, 1.54) is 12.4 Å². The van der Waals surface area contributed by atoms with E-state index < -0.39 is 5.91 Å². The van der Waals surface area contributed by atoms with E-state index in [2.05, 4.69) is 19.9 Å². The first-order valence-corrected chi connectivity index (χ1v) is 7.64. The van der Waals surface area contributed by atoms with Gasteiger partial charge in [0.1, 0.15) is 5.82 Å². The number of aryl methyl sites for hydroxylation is 1. The number of primary amides is 1. The van der Waals surface area contributed by atoms with E-state index in [1.54, 1.807) is 12.4 Å². The lowest BCUT2D eigenvalue weighted by atomic mass is 10.1. The molecule has 0 unspecified atom stereocenters. The fraction of sp³-hybridized carbons (Fsp3) is 0.0556. The van der Waals surface area contributed by atoms with Gasteiger partial charge in [-0.15, -0.1) is 0 Å². The molecule has 0 radical (unpaired) electrons. The third kappa shape index (κ3) is 2.72. The average Bonchev–Trinajstić information content (AvgIpc) is 3.05. The van der Waals surface area contributed by atoms with Crippen LogP contribution in [0.3, 0.4) is 0 Å². The Morgan fingerprint density at radius 1 is 1.00 bits per heavy atom. The first kappa shape index (κ1) is 14.9. The molecule has 0 aliphatic rings. The van der Waals surface area contributed by atoms with Crippen LogP contribution in [-0.2, 0) is 0 Å². The van der Waals surface area contributed by atoms with Gasteiger partial charge in [0.2, 0.25) is 0 Å². The molecular formula is C18H14N6O. The summed E-state index contributed by atoms with van der Waals surface area (Å²) in [6.45, 7) is 1.85. The monoisotopic (exact) mass is 330 g/mol. The van der Waals surface area contributed by atoms with Crippen LogP contribution in [-0.4, -0.2) is 30.4 Å². The first-order valence-electron chi connectivity index (χ1n) is 7.64. The Balaban J connectivity index is 1.74. The minimum absolute atomic E-state index is 0.287. The van der Waals surface area contributed by atoms with Crippen LogP contribution in [0.1, 0.15) is 16.2 Å². The molecule has 3 aromatic heterocycles. The van der Waals surface area contributed by atoms with E-state index in [9.17, 15) is 4.79 Å². The number of carbonyl (C=O) groups excluding carboxylic acids is 1. The highest BCUT2D eigenvalue weighted by molar-refractivity contribution is 5.92. The van der Waals surface area contributed by atoms with Gasteiger partial charge in [-0.25, -0.2) is 19.9 Å². The van der Waals surface area contributed by atoms with E-state index in [0.29, 0.717) is 5.82 Å². The zero-order valence-electron chi connectivity index (χ0n) is 13.4. The van der Waals surface area contributed by atoms with Gasteiger partial charge in [0.05, 0.1) is 29.2 Å². The number of carbonyl (C=O) groups is 1. The van der Waals surface area contributed by atoms with Crippen molar-refractivity contribution in [1.29, 1.82) is 0 Å². The van der Waals surface area contributed by atoms with Crippen molar-refractivity contribution in [3.8, 4) is 17.1 Å². The summed E-state index contributed by atoms with van der Waals surface area (Å²) < 4.78 is 2.02. The van der Waals surface area contributed by atoms with E-state index in [0.717, 1.165) is 28.0 Å². The van der Waals surface area contributed by atoms with E-state index >= 15 is 0 Å². The molecular weight excluding hydrogens is 316 g/mol. The number of fused-ring (bicyclic) bond motifs is 1.